The first kappa shape index (κ1) is 19.8. The number of hydrogen-bond donors (Lipinski definition) is 1. The summed E-state index contributed by atoms with van der Waals surface area (Å²) in [7, 11) is 1.51. The molecule has 17 heavy (non-hydrogen) atoms. The molecule has 0 atom stereocenters. The predicted molar refractivity (Wildman–Crippen MR) is 64.0 cm³/mol. The topological polar surface area (TPSA) is 57.9 Å². The molecule has 2 heterocycles. The minimum atomic E-state index is 0. The first-order chi connectivity index (χ1) is 7.38. The van der Waals surface area contributed by atoms with E-state index in [1.807, 2.05) is 6.07 Å². The SMILES string of the molecule is C1CCNC1.COc1cnccc1C#N.[CH3-].[Cs+]. The summed E-state index contributed by atoms with van der Waals surface area (Å²) in [5.74, 6) is 0.519. The zero-order chi connectivity index (χ0) is 10.9. The first-order valence-electron chi connectivity index (χ1n) is 4.97. The number of pyridine rings is 1. The molecule has 88 valence electrons. The Balaban J connectivity index is 0. The molecule has 0 spiro atoms. The molecule has 1 saturated heterocycles. The van der Waals surface area contributed by atoms with Crippen LogP contribution in [-0.4, -0.2) is 25.2 Å². The Hall–Kier alpha value is 0.452. The molecule has 5 heteroatoms. The van der Waals surface area contributed by atoms with Crippen LogP contribution in [0, 0.1) is 18.8 Å². The smallest absolute Gasteiger partial charge is 0.494 e. The molecule has 0 aromatic carbocycles. The number of aromatic nitrogens is 1. The van der Waals surface area contributed by atoms with Gasteiger partial charge in [-0.3, -0.25) is 4.98 Å². The van der Waals surface area contributed by atoms with Crippen LogP contribution in [-0.2, 0) is 0 Å². The maximum atomic E-state index is 8.49. The summed E-state index contributed by atoms with van der Waals surface area (Å²) in [5, 5.41) is 11.7. The van der Waals surface area contributed by atoms with Crippen molar-refractivity contribution in [2.75, 3.05) is 20.2 Å². The van der Waals surface area contributed by atoms with Crippen molar-refractivity contribution < 1.29 is 73.6 Å². The van der Waals surface area contributed by atoms with Gasteiger partial charge in [-0.25, -0.2) is 0 Å². The maximum absolute atomic E-state index is 8.49. The van der Waals surface area contributed by atoms with E-state index in [1.165, 1.54) is 39.2 Å². The van der Waals surface area contributed by atoms with Crippen molar-refractivity contribution in [3.05, 3.63) is 31.5 Å². The normalized spacial score (nSPS) is 12.0. The Morgan fingerprint density at radius 1 is 1.41 bits per heavy atom. The van der Waals surface area contributed by atoms with Gasteiger partial charge in [0.1, 0.15) is 6.07 Å². The molecule has 1 N–H and O–H groups in total. The largest absolute Gasteiger partial charge is 1.00 e. The summed E-state index contributed by atoms with van der Waals surface area (Å²) in [5.41, 5.74) is 0.512. The molecule has 1 aliphatic heterocycles. The van der Waals surface area contributed by atoms with Gasteiger partial charge in [-0.2, -0.15) is 5.26 Å². The monoisotopic (exact) mass is 353 g/mol. The van der Waals surface area contributed by atoms with Crippen LogP contribution in [0.2, 0.25) is 0 Å². The number of methoxy groups -OCH3 is 1. The fourth-order valence-electron chi connectivity index (χ4n) is 1.26. The molecule has 1 aliphatic rings. The van der Waals surface area contributed by atoms with Gasteiger partial charge in [0.05, 0.1) is 18.9 Å². The number of rotatable bonds is 1. The quantitative estimate of drug-likeness (QED) is 0.644. The Labute approximate surface area is 163 Å². The van der Waals surface area contributed by atoms with E-state index in [-0.39, 0.29) is 76.3 Å². The van der Waals surface area contributed by atoms with E-state index in [0.717, 1.165) is 0 Å². The molecule has 0 radical (unpaired) electrons. The second-order valence-corrected chi connectivity index (χ2v) is 3.14. The first-order valence-corrected chi connectivity index (χ1v) is 4.97. The molecule has 0 unspecified atom stereocenters. The molecule has 1 aromatic rings. The minimum Gasteiger partial charge on any atom is -0.494 e. The van der Waals surface area contributed by atoms with Crippen molar-refractivity contribution in [2.24, 2.45) is 0 Å². The van der Waals surface area contributed by atoms with Gasteiger partial charge < -0.3 is 17.5 Å². The fourth-order valence-corrected chi connectivity index (χ4v) is 1.26. The van der Waals surface area contributed by atoms with E-state index in [1.54, 1.807) is 12.3 Å². The standard InChI is InChI=1S/C7H6N2O.C4H9N.CH3.Cs/c1-10-7-5-9-3-2-6(7)4-8;1-2-4-5-3-1;;/h2-3,5H,1H3;5H,1-4H2;1H3;/q;;-1;+1. The van der Waals surface area contributed by atoms with Gasteiger partial charge in [0.25, 0.3) is 0 Å². The summed E-state index contributed by atoms with van der Waals surface area (Å²) in [4.78, 5) is 3.79. The number of hydrogen-bond acceptors (Lipinski definition) is 4. The molecule has 1 fully saturated rings. The van der Waals surface area contributed by atoms with E-state index >= 15 is 0 Å². The molecular formula is C12H18CsN3O. The Morgan fingerprint density at radius 3 is 2.41 bits per heavy atom. The van der Waals surface area contributed by atoms with Crippen molar-refractivity contribution in [2.45, 2.75) is 12.8 Å². The van der Waals surface area contributed by atoms with Crippen molar-refractivity contribution in [3.63, 3.8) is 0 Å². The molecule has 0 amide bonds. The van der Waals surface area contributed by atoms with Crippen molar-refractivity contribution in [1.82, 2.24) is 10.3 Å². The van der Waals surface area contributed by atoms with Crippen molar-refractivity contribution >= 4 is 0 Å². The Bertz CT molecular complexity index is 327. The Morgan fingerprint density at radius 2 is 2.06 bits per heavy atom. The second kappa shape index (κ2) is 12.9. The van der Waals surface area contributed by atoms with Crippen LogP contribution in [0.1, 0.15) is 18.4 Å². The van der Waals surface area contributed by atoms with Gasteiger partial charge in [-0.1, -0.05) is 0 Å². The van der Waals surface area contributed by atoms with Crippen LogP contribution in [0.3, 0.4) is 0 Å². The van der Waals surface area contributed by atoms with Crippen LogP contribution in [0.25, 0.3) is 0 Å². The maximum Gasteiger partial charge on any atom is 1.00 e. The molecule has 4 nitrogen and oxygen atoms in total. The van der Waals surface area contributed by atoms with E-state index in [0.29, 0.717) is 11.3 Å². The van der Waals surface area contributed by atoms with Crippen LogP contribution in [0.15, 0.2) is 18.5 Å². The molecule has 0 aliphatic carbocycles. The minimum absolute atomic E-state index is 0. The van der Waals surface area contributed by atoms with Crippen LogP contribution in [0.4, 0.5) is 0 Å². The summed E-state index contributed by atoms with van der Waals surface area (Å²) < 4.78 is 4.85. The van der Waals surface area contributed by atoms with E-state index in [9.17, 15) is 0 Å². The van der Waals surface area contributed by atoms with Gasteiger partial charge in [-0.15, -0.1) is 0 Å². The zero-order valence-corrected chi connectivity index (χ0v) is 17.1. The Kier molecular flexibility index (Phi) is 15.0. The second-order valence-electron chi connectivity index (χ2n) is 3.14. The van der Waals surface area contributed by atoms with Crippen LogP contribution >= 0.6 is 0 Å². The fraction of sp³-hybridized carbons (Fsp3) is 0.417. The number of nitrogens with one attached hydrogen (secondary N) is 1. The van der Waals surface area contributed by atoms with Gasteiger partial charge >= 0.3 is 68.9 Å². The van der Waals surface area contributed by atoms with Gasteiger partial charge in [0.15, 0.2) is 5.75 Å². The van der Waals surface area contributed by atoms with Crippen LogP contribution in [0.5, 0.6) is 5.75 Å². The van der Waals surface area contributed by atoms with E-state index < -0.39 is 0 Å². The third-order valence-electron chi connectivity index (χ3n) is 2.08. The summed E-state index contributed by atoms with van der Waals surface area (Å²) in [6, 6.07) is 3.59. The summed E-state index contributed by atoms with van der Waals surface area (Å²) in [6.07, 6.45) is 5.85. The molecule has 0 bridgehead atoms. The van der Waals surface area contributed by atoms with Crippen molar-refractivity contribution in [3.8, 4) is 11.8 Å². The van der Waals surface area contributed by atoms with Gasteiger partial charge in [-0.05, 0) is 32.0 Å². The molecule has 1 aromatic heterocycles. The van der Waals surface area contributed by atoms with Gasteiger partial charge in [0, 0.05) is 6.20 Å². The van der Waals surface area contributed by atoms with Gasteiger partial charge in [0.2, 0.25) is 0 Å². The number of ether oxygens (including phenoxy) is 1. The van der Waals surface area contributed by atoms with E-state index in [4.69, 9.17) is 10.00 Å². The van der Waals surface area contributed by atoms with Crippen LogP contribution < -0.4 is 78.9 Å². The summed E-state index contributed by atoms with van der Waals surface area (Å²) in [6.45, 7) is 2.50. The number of nitrogens with zero attached hydrogens (tertiary/aromatic N) is 2. The average Bonchev–Trinajstić information content (AvgIpc) is 2.87. The zero-order valence-electron chi connectivity index (χ0n) is 10.9. The third kappa shape index (κ3) is 8.21. The van der Waals surface area contributed by atoms with Crippen molar-refractivity contribution in [1.29, 1.82) is 5.26 Å². The molecule has 2 rings (SSSR count). The van der Waals surface area contributed by atoms with E-state index in [2.05, 4.69) is 10.3 Å². The molecule has 0 saturated carbocycles. The third-order valence-corrected chi connectivity index (χ3v) is 2.08. The number of nitriles is 1. The average molecular weight is 353 g/mol. The molecular weight excluding hydrogens is 335 g/mol. The predicted octanol–water partition coefficient (Wildman–Crippen LogP) is -1.21. The summed E-state index contributed by atoms with van der Waals surface area (Å²) >= 11 is 0.